The van der Waals surface area contributed by atoms with Gasteiger partial charge in [-0.05, 0) is 12.8 Å². The molecule has 7 heteroatoms. The lowest BCUT2D eigenvalue weighted by atomic mass is 9.81. The summed E-state index contributed by atoms with van der Waals surface area (Å²) in [7, 11) is 2.81. The molecule has 0 aromatic carbocycles. The molecule has 0 bridgehead atoms. The molecule has 0 radical (unpaired) electrons. The van der Waals surface area contributed by atoms with Gasteiger partial charge in [0.15, 0.2) is 0 Å². The van der Waals surface area contributed by atoms with Crippen LogP contribution in [0, 0.1) is 0 Å². The standard InChI is InChI=1S/C12H22N2O4.ClH/c1-17-8-9(13)10(15)14-12(11(16)18-2)6-4-3-5-7-12;/h9H,3-8,13H2,1-2H3,(H,14,15);1H. The van der Waals surface area contributed by atoms with Gasteiger partial charge in [-0.1, -0.05) is 19.3 Å². The van der Waals surface area contributed by atoms with Crippen LogP contribution in [0.2, 0.25) is 0 Å². The fraction of sp³-hybridized carbons (Fsp3) is 0.833. The molecule has 1 unspecified atom stereocenters. The van der Waals surface area contributed by atoms with Crippen LogP contribution >= 0.6 is 12.4 Å². The van der Waals surface area contributed by atoms with E-state index in [1.165, 1.54) is 14.2 Å². The van der Waals surface area contributed by atoms with Crippen LogP contribution in [0.5, 0.6) is 0 Å². The average molecular weight is 295 g/mol. The average Bonchev–Trinajstić information content (AvgIpc) is 2.39. The molecule has 1 rings (SSSR count). The summed E-state index contributed by atoms with van der Waals surface area (Å²) in [5, 5.41) is 2.75. The van der Waals surface area contributed by atoms with Crippen molar-refractivity contribution in [3.8, 4) is 0 Å². The third-order valence-electron chi connectivity index (χ3n) is 3.33. The Bertz CT molecular complexity index is 306. The van der Waals surface area contributed by atoms with E-state index < -0.39 is 11.6 Å². The Morgan fingerprint density at radius 2 is 1.84 bits per heavy atom. The molecule has 1 saturated carbocycles. The summed E-state index contributed by atoms with van der Waals surface area (Å²) in [6, 6.07) is -0.765. The van der Waals surface area contributed by atoms with E-state index in [0.717, 1.165) is 19.3 Å². The summed E-state index contributed by atoms with van der Waals surface area (Å²) in [6.07, 6.45) is 4.07. The Morgan fingerprint density at radius 1 is 1.26 bits per heavy atom. The molecule has 1 aliphatic rings. The first-order chi connectivity index (χ1) is 8.55. The van der Waals surface area contributed by atoms with Crippen LogP contribution in [0.1, 0.15) is 32.1 Å². The molecule has 0 aliphatic heterocycles. The Morgan fingerprint density at radius 3 is 2.32 bits per heavy atom. The molecule has 1 amide bonds. The van der Waals surface area contributed by atoms with Gasteiger partial charge in [-0.15, -0.1) is 12.4 Å². The number of esters is 1. The number of ether oxygens (including phenoxy) is 2. The molecule has 0 aromatic rings. The number of methoxy groups -OCH3 is 2. The number of hydrogen-bond acceptors (Lipinski definition) is 5. The van der Waals surface area contributed by atoms with Crippen LogP contribution in [-0.2, 0) is 19.1 Å². The number of nitrogens with two attached hydrogens (primary N) is 1. The Hall–Kier alpha value is -0.850. The molecule has 1 aliphatic carbocycles. The highest BCUT2D eigenvalue weighted by atomic mass is 35.5. The van der Waals surface area contributed by atoms with Gasteiger partial charge in [0.05, 0.1) is 13.7 Å². The van der Waals surface area contributed by atoms with E-state index in [1.54, 1.807) is 0 Å². The van der Waals surface area contributed by atoms with Crippen molar-refractivity contribution in [2.24, 2.45) is 5.73 Å². The van der Waals surface area contributed by atoms with Gasteiger partial charge in [-0.2, -0.15) is 0 Å². The highest BCUT2D eigenvalue weighted by molar-refractivity contribution is 5.90. The van der Waals surface area contributed by atoms with Crippen LogP contribution in [0.3, 0.4) is 0 Å². The smallest absolute Gasteiger partial charge is 0.331 e. The van der Waals surface area contributed by atoms with Gasteiger partial charge in [0.2, 0.25) is 5.91 Å². The van der Waals surface area contributed by atoms with E-state index >= 15 is 0 Å². The maximum atomic E-state index is 11.9. The SMILES string of the molecule is COCC(N)C(=O)NC1(C(=O)OC)CCCCC1.Cl. The fourth-order valence-electron chi connectivity index (χ4n) is 2.31. The van der Waals surface area contributed by atoms with Crippen LogP contribution < -0.4 is 11.1 Å². The van der Waals surface area contributed by atoms with Gasteiger partial charge in [-0.25, -0.2) is 4.79 Å². The van der Waals surface area contributed by atoms with Crippen LogP contribution in [0.25, 0.3) is 0 Å². The molecule has 1 fully saturated rings. The number of halogens is 1. The first-order valence-corrected chi connectivity index (χ1v) is 6.20. The molecule has 3 N–H and O–H groups in total. The molecule has 19 heavy (non-hydrogen) atoms. The minimum absolute atomic E-state index is 0. The normalized spacial score (nSPS) is 18.9. The number of carbonyl (C=O) groups excluding carboxylic acids is 2. The molecule has 0 spiro atoms. The first-order valence-electron chi connectivity index (χ1n) is 6.20. The summed E-state index contributed by atoms with van der Waals surface area (Å²) >= 11 is 0. The zero-order valence-corrected chi connectivity index (χ0v) is 12.3. The van der Waals surface area contributed by atoms with Crippen molar-refractivity contribution in [2.75, 3.05) is 20.8 Å². The van der Waals surface area contributed by atoms with Crippen LogP contribution in [0.15, 0.2) is 0 Å². The number of nitrogens with one attached hydrogen (secondary N) is 1. The molecule has 1 atom stereocenters. The lowest BCUT2D eigenvalue weighted by Crippen LogP contribution is -2.60. The topological polar surface area (TPSA) is 90.6 Å². The van der Waals surface area contributed by atoms with Gasteiger partial charge in [0, 0.05) is 7.11 Å². The zero-order chi connectivity index (χ0) is 13.6. The monoisotopic (exact) mass is 294 g/mol. The maximum absolute atomic E-state index is 11.9. The second-order valence-corrected chi connectivity index (χ2v) is 4.69. The minimum atomic E-state index is -0.907. The second-order valence-electron chi connectivity index (χ2n) is 4.69. The van der Waals surface area contributed by atoms with Gasteiger partial charge in [0.1, 0.15) is 11.6 Å². The summed E-state index contributed by atoms with van der Waals surface area (Å²) in [5.74, 6) is -0.760. The molecule has 0 heterocycles. The molecule has 6 nitrogen and oxygen atoms in total. The molecular formula is C12H23ClN2O4. The number of rotatable bonds is 5. The third kappa shape index (κ3) is 4.63. The van der Waals surface area contributed by atoms with E-state index in [2.05, 4.69) is 5.32 Å². The van der Waals surface area contributed by atoms with Crippen molar-refractivity contribution in [3.63, 3.8) is 0 Å². The summed E-state index contributed by atoms with van der Waals surface area (Å²) in [6.45, 7) is 0.128. The van der Waals surface area contributed by atoms with Crippen molar-refractivity contribution in [3.05, 3.63) is 0 Å². The van der Waals surface area contributed by atoms with Gasteiger partial charge < -0.3 is 20.5 Å². The Labute approximate surface area is 119 Å². The predicted octanol–water partition coefficient (Wildman–Crippen LogP) is 0.374. The highest BCUT2D eigenvalue weighted by Gasteiger charge is 2.42. The van der Waals surface area contributed by atoms with Crippen LogP contribution in [0.4, 0.5) is 0 Å². The quantitative estimate of drug-likeness (QED) is 0.715. The molecular weight excluding hydrogens is 272 g/mol. The zero-order valence-electron chi connectivity index (χ0n) is 11.4. The lowest BCUT2D eigenvalue weighted by Gasteiger charge is -2.35. The van der Waals surface area contributed by atoms with E-state index in [0.29, 0.717) is 12.8 Å². The summed E-state index contributed by atoms with van der Waals surface area (Å²) < 4.78 is 9.64. The van der Waals surface area contributed by atoms with E-state index in [9.17, 15) is 9.59 Å². The van der Waals surface area contributed by atoms with Crippen LogP contribution in [-0.4, -0.2) is 44.3 Å². The van der Waals surface area contributed by atoms with Crippen molar-refractivity contribution in [2.45, 2.75) is 43.7 Å². The Kier molecular flexibility index (Phi) is 7.97. The van der Waals surface area contributed by atoms with Gasteiger partial charge in [-0.3, -0.25) is 4.79 Å². The largest absolute Gasteiger partial charge is 0.467 e. The maximum Gasteiger partial charge on any atom is 0.331 e. The van der Waals surface area contributed by atoms with E-state index in [-0.39, 0.29) is 30.9 Å². The highest BCUT2D eigenvalue weighted by Crippen LogP contribution is 2.29. The number of hydrogen-bond donors (Lipinski definition) is 2. The molecule has 0 aromatic heterocycles. The first kappa shape index (κ1) is 18.1. The summed E-state index contributed by atoms with van der Waals surface area (Å²) in [5.41, 5.74) is 4.75. The summed E-state index contributed by atoms with van der Waals surface area (Å²) in [4.78, 5) is 23.8. The third-order valence-corrected chi connectivity index (χ3v) is 3.33. The molecule has 112 valence electrons. The predicted molar refractivity (Wildman–Crippen MR) is 73.1 cm³/mol. The van der Waals surface area contributed by atoms with Gasteiger partial charge in [0.25, 0.3) is 0 Å². The van der Waals surface area contributed by atoms with Crippen molar-refractivity contribution >= 4 is 24.3 Å². The second kappa shape index (κ2) is 8.35. The van der Waals surface area contributed by atoms with E-state index in [1.807, 2.05) is 0 Å². The fourth-order valence-corrected chi connectivity index (χ4v) is 2.31. The lowest BCUT2D eigenvalue weighted by molar-refractivity contribution is -0.153. The minimum Gasteiger partial charge on any atom is -0.467 e. The molecule has 0 saturated heterocycles. The van der Waals surface area contributed by atoms with Crippen molar-refractivity contribution < 1.29 is 19.1 Å². The number of carbonyl (C=O) groups is 2. The van der Waals surface area contributed by atoms with Crippen molar-refractivity contribution in [1.29, 1.82) is 0 Å². The van der Waals surface area contributed by atoms with Gasteiger partial charge >= 0.3 is 5.97 Å². The number of amides is 1. The Balaban J connectivity index is 0.00000324. The van der Waals surface area contributed by atoms with E-state index in [4.69, 9.17) is 15.2 Å². The van der Waals surface area contributed by atoms with Crippen molar-refractivity contribution in [1.82, 2.24) is 5.32 Å².